The third-order valence-electron chi connectivity index (χ3n) is 5.52. The molecule has 0 atom stereocenters. The molecule has 1 saturated carbocycles. The number of carbonyl (C=O) groups excluding carboxylic acids is 2. The Morgan fingerprint density at radius 2 is 1.81 bits per heavy atom. The molecule has 2 aromatic rings. The van der Waals surface area contributed by atoms with E-state index < -0.39 is 0 Å². The quantitative estimate of drug-likeness (QED) is 0.884. The largest absolute Gasteiger partial charge is 0.349 e. The molecule has 1 aliphatic heterocycles. The van der Waals surface area contributed by atoms with Gasteiger partial charge in [0, 0.05) is 25.0 Å². The molecule has 0 radical (unpaired) electrons. The zero-order chi connectivity index (χ0) is 18.8. The highest BCUT2D eigenvalue weighted by Crippen LogP contribution is 2.32. The van der Waals surface area contributed by atoms with E-state index in [1.165, 1.54) is 0 Å². The summed E-state index contributed by atoms with van der Waals surface area (Å²) in [6, 6.07) is 9.98. The monoisotopic (exact) mass is 366 g/mol. The van der Waals surface area contributed by atoms with Gasteiger partial charge >= 0.3 is 0 Å². The van der Waals surface area contributed by atoms with E-state index in [0.29, 0.717) is 11.5 Å². The number of para-hydroxylation sites is 1. The Morgan fingerprint density at radius 3 is 2.44 bits per heavy atom. The van der Waals surface area contributed by atoms with Crippen LogP contribution in [0, 0.1) is 5.92 Å². The fraction of sp³-hybridized carbons (Fsp3) is 0.476. The van der Waals surface area contributed by atoms with Gasteiger partial charge in [0.25, 0.3) is 5.91 Å². The Kier molecular flexibility index (Phi) is 4.97. The van der Waals surface area contributed by atoms with Gasteiger partial charge in [-0.2, -0.15) is 5.10 Å². The molecule has 2 heterocycles. The van der Waals surface area contributed by atoms with Crippen molar-refractivity contribution in [3.05, 3.63) is 47.8 Å². The first-order chi connectivity index (χ1) is 13.2. The predicted octanol–water partition coefficient (Wildman–Crippen LogP) is 2.57. The number of benzene rings is 1. The van der Waals surface area contributed by atoms with Crippen molar-refractivity contribution in [1.82, 2.24) is 20.0 Å². The van der Waals surface area contributed by atoms with E-state index >= 15 is 0 Å². The molecule has 0 unspecified atom stereocenters. The molecule has 0 bridgehead atoms. The van der Waals surface area contributed by atoms with Crippen LogP contribution in [0.3, 0.4) is 0 Å². The summed E-state index contributed by atoms with van der Waals surface area (Å²) < 4.78 is 1.84. The molecule has 2 fully saturated rings. The van der Waals surface area contributed by atoms with Gasteiger partial charge in [-0.15, -0.1) is 0 Å². The Morgan fingerprint density at radius 1 is 1.11 bits per heavy atom. The summed E-state index contributed by atoms with van der Waals surface area (Å²) in [4.78, 5) is 26.9. The molecular weight excluding hydrogens is 340 g/mol. The van der Waals surface area contributed by atoms with Crippen LogP contribution in [0.25, 0.3) is 5.69 Å². The minimum atomic E-state index is -0.0685. The lowest BCUT2D eigenvalue weighted by molar-refractivity contribution is -0.133. The number of nitrogens with one attached hydrogen (secondary N) is 1. The highest BCUT2D eigenvalue weighted by atomic mass is 16.2. The maximum absolute atomic E-state index is 12.8. The fourth-order valence-corrected chi connectivity index (χ4v) is 3.79. The molecule has 0 spiro atoms. The van der Waals surface area contributed by atoms with E-state index in [2.05, 4.69) is 10.4 Å². The molecule has 6 heteroatoms. The first-order valence-corrected chi connectivity index (χ1v) is 9.89. The lowest BCUT2D eigenvalue weighted by Crippen LogP contribution is -2.47. The van der Waals surface area contributed by atoms with Crippen LogP contribution < -0.4 is 5.32 Å². The average Bonchev–Trinajstić information content (AvgIpc) is 3.47. The summed E-state index contributed by atoms with van der Waals surface area (Å²) in [5.74, 6) is 0.505. The second-order valence-corrected chi connectivity index (χ2v) is 7.45. The van der Waals surface area contributed by atoms with E-state index in [0.717, 1.165) is 56.6 Å². The average molecular weight is 366 g/mol. The number of aromatic nitrogens is 2. The van der Waals surface area contributed by atoms with Gasteiger partial charge < -0.3 is 10.2 Å². The van der Waals surface area contributed by atoms with E-state index in [9.17, 15) is 9.59 Å². The van der Waals surface area contributed by atoms with Gasteiger partial charge in [0.05, 0.1) is 23.1 Å². The van der Waals surface area contributed by atoms with Crippen molar-refractivity contribution in [3.63, 3.8) is 0 Å². The van der Waals surface area contributed by atoms with Crippen molar-refractivity contribution in [2.24, 2.45) is 5.92 Å². The normalized spacial score (nSPS) is 17.7. The maximum Gasteiger partial charge on any atom is 0.254 e. The minimum Gasteiger partial charge on any atom is -0.349 e. The van der Waals surface area contributed by atoms with Crippen LogP contribution >= 0.6 is 0 Å². The third-order valence-corrected chi connectivity index (χ3v) is 5.52. The topological polar surface area (TPSA) is 67.2 Å². The number of hydrogen-bond donors (Lipinski definition) is 1. The van der Waals surface area contributed by atoms with Crippen molar-refractivity contribution < 1.29 is 9.59 Å². The highest BCUT2D eigenvalue weighted by Gasteiger charge is 2.35. The molecule has 1 aromatic carbocycles. The summed E-state index contributed by atoms with van der Waals surface area (Å²) in [7, 11) is 0. The van der Waals surface area contributed by atoms with Crippen molar-refractivity contribution in [2.45, 2.75) is 45.1 Å². The summed E-state index contributed by atoms with van der Waals surface area (Å²) in [5, 5.41) is 7.58. The summed E-state index contributed by atoms with van der Waals surface area (Å²) >= 11 is 0. The molecule has 2 aliphatic rings. The van der Waals surface area contributed by atoms with Crippen LogP contribution in [-0.4, -0.2) is 45.6 Å². The van der Waals surface area contributed by atoms with E-state index in [1.54, 1.807) is 6.20 Å². The fourth-order valence-electron chi connectivity index (χ4n) is 3.79. The number of piperidine rings is 1. The lowest BCUT2D eigenvalue weighted by Gasteiger charge is -2.32. The molecule has 1 aliphatic carbocycles. The Bertz CT molecular complexity index is 818. The SMILES string of the molecule is CCc1c(C(=O)NC2CCN(C(=O)C3CC3)CC2)cnn1-c1ccccc1. The number of nitrogens with zero attached hydrogens (tertiary/aromatic N) is 3. The van der Waals surface area contributed by atoms with Gasteiger partial charge in [0.2, 0.25) is 5.91 Å². The molecule has 4 rings (SSSR count). The van der Waals surface area contributed by atoms with E-state index in [-0.39, 0.29) is 17.9 Å². The Hall–Kier alpha value is -2.63. The first-order valence-electron chi connectivity index (χ1n) is 9.89. The van der Waals surface area contributed by atoms with Crippen LogP contribution in [0.4, 0.5) is 0 Å². The van der Waals surface area contributed by atoms with E-state index in [1.807, 2.05) is 46.8 Å². The van der Waals surface area contributed by atoms with Gasteiger partial charge in [-0.05, 0) is 44.2 Å². The second-order valence-electron chi connectivity index (χ2n) is 7.45. The molecule has 1 saturated heterocycles. The molecule has 6 nitrogen and oxygen atoms in total. The van der Waals surface area contributed by atoms with Crippen LogP contribution in [0.1, 0.15) is 48.7 Å². The Balaban J connectivity index is 1.40. The zero-order valence-corrected chi connectivity index (χ0v) is 15.7. The lowest BCUT2D eigenvalue weighted by atomic mass is 10.0. The molecular formula is C21H26N4O2. The first kappa shape index (κ1) is 17.8. The summed E-state index contributed by atoms with van der Waals surface area (Å²) in [5.41, 5.74) is 2.51. The van der Waals surface area contributed by atoms with Gasteiger partial charge in [-0.3, -0.25) is 9.59 Å². The third kappa shape index (κ3) is 3.75. The van der Waals surface area contributed by atoms with Crippen LogP contribution in [0.2, 0.25) is 0 Å². The van der Waals surface area contributed by atoms with Crippen LogP contribution in [-0.2, 0) is 11.2 Å². The summed E-state index contributed by atoms with van der Waals surface area (Å²) in [6.07, 6.45) is 6.11. The van der Waals surface area contributed by atoms with Crippen LogP contribution in [0.15, 0.2) is 36.5 Å². The molecule has 2 amide bonds. The van der Waals surface area contributed by atoms with Crippen LogP contribution in [0.5, 0.6) is 0 Å². The number of amides is 2. The number of likely N-dealkylation sites (tertiary alicyclic amines) is 1. The van der Waals surface area contributed by atoms with Gasteiger partial charge in [-0.25, -0.2) is 4.68 Å². The predicted molar refractivity (Wildman–Crippen MR) is 103 cm³/mol. The molecule has 1 N–H and O–H groups in total. The standard InChI is InChI=1S/C21H26N4O2/c1-2-19-18(14-22-25(19)17-6-4-3-5-7-17)20(26)23-16-10-12-24(13-11-16)21(27)15-8-9-15/h3-7,14-16H,2,8-13H2,1H3,(H,23,26). The van der Waals surface area contributed by atoms with Gasteiger partial charge in [0.1, 0.15) is 0 Å². The molecule has 1 aromatic heterocycles. The van der Waals surface area contributed by atoms with Gasteiger partial charge in [0.15, 0.2) is 0 Å². The number of rotatable bonds is 5. The number of hydrogen-bond acceptors (Lipinski definition) is 3. The summed E-state index contributed by atoms with van der Waals surface area (Å²) in [6.45, 7) is 3.52. The molecule has 27 heavy (non-hydrogen) atoms. The van der Waals surface area contributed by atoms with Crippen molar-refractivity contribution in [2.75, 3.05) is 13.1 Å². The van der Waals surface area contributed by atoms with E-state index in [4.69, 9.17) is 0 Å². The van der Waals surface area contributed by atoms with Crippen molar-refractivity contribution in [3.8, 4) is 5.69 Å². The minimum absolute atomic E-state index is 0.0685. The smallest absolute Gasteiger partial charge is 0.254 e. The number of carbonyl (C=O) groups is 2. The highest BCUT2D eigenvalue weighted by molar-refractivity contribution is 5.95. The van der Waals surface area contributed by atoms with Gasteiger partial charge in [-0.1, -0.05) is 25.1 Å². The maximum atomic E-state index is 12.8. The second kappa shape index (κ2) is 7.55. The van der Waals surface area contributed by atoms with Crippen molar-refractivity contribution in [1.29, 1.82) is 0 Å². The zero-order valence-electron chi connectivity index (χ0n) is 15.7. The Labute approximate surface area is 159 Å². The molecule has 142 valence electrons. The van der Waals surface area contributed by atoms with Crippen molar-refractivity contribution >= 4 is 11.8 Å².